The van der Waals surface area contributed by atoms with E-state index in [4.69, 9.17) is 9.84 Å². The normalized spacial score (nSPS) is 22.9. The highest BCUT2D eigenvalue weighted by atomic mass is 16.5. The Balaban J connectivity index is 1.93. The molecule has 1 heterocycles. The molecule has 144 valence electrons. The van der Waals surface area contributed by atoms with Crippen LogP contribution in [0.25, 0.3) is 0 Å². The highest BCUT2D eigenvalue weighted by Crippen LogP contribution is 2.34. The van der Waals surface area contributed by atoms with Crippen LogP contribution in [0.3, 0.4) is 0 Å². The first-order valence-electron chi connectivity index (χ1n) is 9.48. The van der Waals surface area contributed by atoms with Gasteiger partial charge in [0, 0.05) is 12.6 Å². The summed E-state index contributed by atoms with van der Waals surface area (Å²) in [6, 6.07) is 3.39. The second-order valence-electron chi connectivity index (χ2n) is 7.57. The molecule has 0 aromatic carbocycles. The second-order valence-corrected chi connectivity index (χ2v) is 7.57. The average Bonchev–Trinajstić information content (AvgIpc) is 2.61. The molecule has 1 amide bonds. The van der Waals surface area contributed by atoms with Gasteiger partial charge >= 0.3 is 5.97 Å². The van der Waals surface area contributed by atoms with E-state index in [2.05, 4.69) is 26.1 Å². The van der Waals surface area contributed by atoms with Gasteiger partial charge in [-0.05, 0) is 43.1 Å². The monoisotopic (exact) mass is 363 g/mol. The molecule has 1 fully saturated rings. The second kappa shape index (κ2) is 9.67. The van der Waals surface area contributed by atoms with Crippen LogP contribution in [0.5, 0.6) is 0 Å². The van der Waals surface area contributed by atoms with Crippen LogP contribution >= 0.6 is 0 Å². The van der Waals surface area contributed by atoms with E-state index < -0.39 is 0 Å². The van der Waals surface area contributed by atoms with Crippen molar-refractivity contribution in [2.75, 3.05) is 13.2 Å². The molecule has 0 bridgehead atoms. The quantitative estimate of drug-likeness (QED) is 0.571. The van der Waals surface area contributed by atoms with Crippen molar-refractivity contribution in [3.8, 4) is 0 Å². The smallest absolute Gasteiger partial charge is 0.372 e. The first-order valence-corrected chi connectivity index (χ1v) is 9.48. The summed E-state index contributed by atoms with van der Waals surface area (Å²) in [5.74, 6) is 1.04. The summed E-state index contributed by atoms with van der Waals surface area (Å²) in [6.07, 6.45) is 6.56. The molecule has 26 heavy (non-hydrogen) atoms. The largest absolute Gasteiger partial charge is 0.457 e. The SMILES string of the molecule is CC(C)[C@@H]1CC[C@H](C)[C@H](OC(=O)C[n+]2cccc(C(=O)NCCO)c2)C1. The van der Waals surface area contributed by atoms with Crippen molar-refractivity contribution in [1.29, 1.82) is 0 Å². The van der Waals surface area contributed by atoms with Crippen LogP contribution in [0.1, 0.15) is 50.4 Å². The number of aliphatic hydroxyl groups is 1. The number of pyridine rings is 1. The molecule has 0 aliphatic heterocycles. The number of aliphatic hydroxyl groups excluding tert-OH is 1. The lowest BCUT2D eigenvalue weighted by molar-refractivity contribution is -0.686. The minimum atomic E-state index is -0.276. The van der Waals surface area contributed by atoms with Crippen LogP contribution in [0.2, 0.25) is 0 Å². The van der Waals surface area contributed by atoms with E-state index >= 15 is 0 Å². The van der Waals surface area contributed by atoms with Crippen molar-refractivity contribution in [3.05, 3.63) is 30.1 Å². The molecule has 0 spiro atoms. The first-order chi connectivity index (χ1) is 12.4. The third-order valence-corrected chi connectivity index (χ3v) is 5.22. The van der Waals surface area contributed by atoms with Gasteiger partial charge in [0.15, 0.2) is 12.4 Å². The van der Waals surface area contributed by atoms with E-state index in [1.54, 1.807) is 29.1 Å². The summed E-state index contributed by atoms with van der Waals surface area (Å²) >= 11 is 0. The Labute approximate surface area is 155 Å². The summed E-state index contributed by atoms with van der Waals surface area (Å²) in [5, 5.41) is 11.4. The van der Waals surface area contributed by atoms with Crippen molar-refractivity contribution in [2.45, 2.75) is 52.7 Å². The first kappa shape index (κ1) is 20.4. The van der Waals surface area contributed by atoms with Crippen LogP contribution in [0.4, 0.5) is 0 Å². The summed E-state index contributed by atoms with van der Waals surface area (Å²) in [6.45, 7) is 6.77. The summed E-state index contributed by atoms with van der Waals surface area (Å²) in [4.78, 5) is 24.3. The maximum absolute atomic E-state index is 12.4. The number of aromatic nitrogens is 1. The molecular formula is C20H31N2O4+. The van der Waals surface area contributed by atoms with E-state index in [1.165, 1.54) is 6.42 Å². The number of nitrogens with one attached hydrogen (secondary N) is 1. The fourth-order valence-electron chi connectivity index (χ4n) is 3.46. The van der Waals surface area contributed by atoms with Crippen molar-refractivity contribution in [1.82, 2.24) is 5.32 Å². The van der Waals surface area contributed by atoms with Gasteiger partial charge in [-0.15, -0.1) is 0 Å². The van der Waals surface area contributed by atoms with Crippen molar-refractivity contribution < 1.29 is 24.0 Å². The summed E-state index contributed by atoms with van der Waals surface area (Å²) < 4.78 is 7.42. The Kier molecular flexibility index (Phi) is 7.57. The third kappa shape index (κ3) is 5.80. The molecular weight excluding hydrogens is 332 g/mol. The van der Waals surface area contributed by atoms with E-state index in [0.29, 0.717) is 23.3 Å². The van der Waals surface area contributed by atoms with Gasteiger partial charge in [-0.3, -0.25) is 4.79 Å². The van der Waals surface area contributed by atoms with Gasteiger partial charge in [0.2, 0.25) is 6.54 Å². The zero-order valence-corrected chi connectivity index (χ0v) is 16.0. The number of carbonyl (C=O) groups excluding carboxylic acids is 2. The van der Waals surface area contributed by atoms with E-state index in [-0.39, 0.29) is 37.7 Å². The van der Waals surface area contributed by atoms with Crippen LogP contribution < -0.4 is 9.88 Å². The lowest BCUT2D eigenvalue weighted by atomic mass is 9.76. The van der Waals surface area contributed by atoms with Gasteiger partial charge in [-0.25, -0.2) is 4.79 Å². The maximum Gasteiger partial charge on any atom is 0.372 e. The molecule has 2 N–H and O–H groups in total. The highest BCUT2D eigenvalue weighted by molar-refractivity contribution is 5.93. The summed E-state index contributed by atoms with van der Waals surface area (Å²) in [7, 11) is 0. The fraction of sp³-hybridized carbons (Fsp3) is 0.650. The third-order valence-electron chi connectivity index (χ3n) is 5.22. The molecule has 0 saturated heterocycles. The lowest BCUT2D eigenvalue weighted by Crippen LogP contribution is -2.42. The minimum Gasteiger partial charge on any atom is -0.457 e. The Bertz CT molecular complexity index is 618. The molecule has 6 heteroatoms. The number of ether oxygens (including phenoxy) is 1. The van der Waals surface area contributed by atoms with Crippen LogP contribution in [0, 0.1) is 17.8 Å². The highest BCUT2D eigenvalue weighted by Gasteiger charge is 2.32. The molecule has 1 aliphatic rings. The van der Waals surface area contributed by atoms with Gasteiger partial charge in [-0.1, -0.05) is 20.8 Å². The number of hydrogen-bond acceptors (Lipinski definition) is 4. The molecule has 1 aromatic rings. The predicted molar refractivity (Wildman–Crippen MR) is 97.3 cm³/mol. The lowest BCUT2D eigenvalue weighted by Gasteiger charge is -2.35. The molecule has 0 radical (unpaired) electrons. The van der Waals surface area contributed by atoms with Gasteiger partial charge in [0.25, 0.3) is 5.91 Å². The van der Waals surface area contributed by atoms with E-state index in [9.17, 15) is 9.59 Å². The van der Waals surface area contributed by atoms with Crippen molar-refractivity contribution >= 4 is 11.9 Å². The Morgan fingerprint density at radius 1 is 1.38 bits per heavy atom. The number of rotatable bonds is 7. The minimum absolute atomic E-state index is 0.0275. The van der Waals surface area contributed by atoms with E-state index in [0.717, 1.165) is 12.8 Å². The number of amides is 1. The fourth-order valence-corrected chi connectivity index (χ4v) is 3.46. The van der Waals surface area contributed by atoms with Crippen LogP contribution in [0.15, 0.2) is 24.5 Å². The molecule has 1 aliphatic carbocycles. The van der Waals surface area contributed by atoms with Crippen LogP contribution in [-0.2, 0) is 16.1 Å². The zero-order chi connectivity index (χ0) is 19.1. The van der Waals surface area contributed by atoms with Crippen molar-refractivity contribution in [3.63, 3.8) is 0 Å². The molecule has 0 unspecified atom stereocenters. The van der Waals surface area contributed by atoms with Gasteiger partial charge < -0.3 is 15.2 Å². The van der Waals surface area contributed by atoms with Gasteiger partial charge in [0.1, 0.15) is 11.7 Å². The van der Waals surface area contributed by atoms with Crippen LogP contribution in [-0.4, -0.2) is 36.2 Å². The Morgan fingerprint density at radius 3 is 2.85 bits per heavy atom. The Morgan fingerprint density at radius 2 is 2.15 bits per heavy atom. The molecule has 1 saturated carbocycles. The topological polar surface area (TPSA) is 79.5 Å². The Hall–Kier alpha value is -1.95. The summed E-state index contributed by atoms with van der Waals surface area (Å²) in [5.41, 5.74) is 0.444. The molecule has 3 atom stereocenters. The number of esters is 1. The number of nitrogens with zero attached hydrogens (tertiary/aromatic N) is 1. The molecule has 2 rings (SSSR count). The number of hydrogen-bond donors (Lipinski definition) is 2. The predicted octanol–water partition coefficient (Wildman–Crippen LogP) is 1.70. The van der Waals surface area contributed by atoms with Gasteiger partial charge in [0.05, 0.1) is 6.61 Å². The standard InChI is InChI=1S/C20H30N2O4/c1-14(2)16-7-6-15(3)18(11-16)26-19(24)13-22-9-4-5-17(12-22)20(25)21-8-10-23/h4-5,9,12,14-16,18,23H,6-8,10-11,13H2,1-3H3/p+1/t15-,16+,18+/m0/s1. The molecule has 6 nitrogen and oxygen atoms in total. The number of carbonyl (C=O) groups is 2. The van der Waals surface area contributed by atoms with Crippen molar-refractivity contribution in [2.24, 2.45) is 17.8 Å². The van der Waals surface area contributed by atoms with E-state index in [1.807, 2.05) is 0 Å². The zero-order valence-electron chi connectivity index (χ0n) is 16.0. The average molecular weight is 363 g/mol. The maximum atomic E-state index is 12.4. The van der Waals surface area contributed by atoms with Gasteiger partial charge in [-0.2, -0.15) is 4.57 Å². The molecule has 1 aromatic heterocycles.